The summed E-state index contributed by atoms with van der Waals surface area (Å²) in [5.41, 5.74) is 3.25. The zero-order chi connectivity index (χ0) is 10.8. The molecule has 0 fully saturated rings. The van der Waals surface area contributed by atoms with Gasteiger partial charge < -0.3 is 0 Å². The van der Waals surface area contributed by atoms with Gasteiger partial charge in [0.2, 0.25) is 0 Å². The molecule has 2 aliphatic carbocycles. The molecule has 84 valence electrons. The van der Waals surface area contributed by atoms with E-state index in [-0.39, 0.29) is 0 Å². The van der Waals surface area contributed by atoms with Crippen molar-refractivity contribution in [1.29, 1.82) is 0 Å². The number of allylic oxidation sites excluding steroid dienone is 4. The Morgan fingerprint density at radius 1 is 1.27 bits per heavy atom. The van der Waals surface area contributed by atoms with Crippen LogP contribution < -0.4 is 0 Å². The van der Waals surface area contributed by atoms with E-state index in [1.165, 1.54) is 32.1 Å². The summed E-state index contributed by atoms with van der Waals surface area (Å²) in [6.07, 6.45) is 11.8. The van der Waals surface area contributed by atoms with Crippen LogP contribution in [0, 0.1) is 17.8 Å². The second-order valence-electron chi connectivity index (χ2n) is 5.58. The Labute approximate surface area is 94.5 Å². The molecule has 3 atom stereocenters. The third-order valence-electron chi connectivity index (χ3n) is 4.35. The first-order valence-corrected chi connectivity index (χ1v) is 6.52. The van der Waals surface area contributed by atoms with Crippen molar-refractivity contribution >= 4 is 0 Å². The predicted octanol–water partition coefficient (Wildman–Crippen LogP) is 4.73. The van der Waals surface area contributed by atoms with Gasteiger partial charge in [-0.3, -0.25) is 0 Å². The van der Waals surface area contributed by atoms with Gasteiger partial charge in [0.05, 0.1) is 0 Å². The Hall–Kier alpha value is -0.520. The van der Waals surface area contributed by atoms with E-state index >= 15 is 0 Å². The minimum atomic E-state index is 0.861. The van der Waals surface area contributed by atoms with Crippen LogP contribution in [0.5, 0.6) is 0 Å². The normalized spacial score (nSPS) is 33.5. The summed E-state index contributed by atoms with van der Waals surface area (Å²) in [4.78, 5) is 0. The lowest BCUT2D eigenvalue weighted by atomic mass is 9.80. The van der Waals surface area contributed by atoms with Crippen LogP contribution >= 0.6 is 0 Å². The van der Waals surface area contributed by atoms with Gasteiger partial charge in [-0.1, -0.05) is 30.2 Å². The van der Waals surface area contributed by atoms with Gasteiger partial charge in [0, 0.05) is 5.92 Å². The molecule has 0 saturated heterocycles. The van der Waals surface area contributed by atoms with Crippen molar-refractivity contribution in [2.24, 2.45) is 17.8 Å². The highest BCUT2D eigenvalue weighted by molar-refractivity contribution is 5.28. The molecule has 0 bridgehead atoms. The first-order chi connectivity index (χ1) is 7.18. The third kappa shape index (κ3) is 2.74. The molecule has 15 heavy (non-hydrogen) atoms. The fourth-order valence-corrected chi connectivity index (χ4v) is 3.05. The molecule has 0 aliphatic heterocycles. The second-order valence-corrected chi connectivity index (χ2v) is 5.58. The Balaban J connectivity index is 1.87. The molecule has 0 saturated carbocycles. The van der Waals surface area contributed by atoms with Crippen LogP contribution in [-0.4, -0.2) is 0 Å². The highest BCUT2D eigenvalue weighted by atomic mass is 14.4. The van der Waals surface area contributed by atoms with Gasteiger partial charge in [-0.2, -0.15) is 0 Å². The maximum Gasteiger partial charge on any atom is 0.000527 e. The van der Waals surface area contributed by atoms with E-state index in [1.54, 1.807) is 11.1 Å². The summed E-state index contributed by atoms with van der Waals surface area (Å²) in [7, 11) is 0. The summed E-state index contributed by atoms with van der Waals surface area (Å²) < 4.78 is 0. The number of hydrogen-bond donors (Lipinski definition) is 0. The molecule has 0 aromatic carbocycles. The van der Waals surface area contributed by atoms with E-state index < -0.39 is 0 Å². The van der Waals surface area contributed by atoms with Crippen LogP contribution in [0.1, 0.15) is 52.9 Å². The van der Waals surface area contributed by atoms with Crippen molar-refractivity contribution in [3.63, 3.8) is 0 Å². The quantitative estimate of drug-likeness (QED) is 0.571. The van der Waals surface area contributed by atoms with Crippen molar-refractivity contribution in [2.75, 3.05) is 0 Å². The van der Waals surface area contributed by atoms with Crippen molar-refractivity contribution in [2.45, 2.75) is 52.9 Å². The summed E-state index contributed by atoms with van der Waals surface area (Å²) in [5.74, 6) is 2.73. The maximum absolute atomic E-state index is 2.46. The topological polar surface area (TPSA) is 0 Å². The Morgan fingerprint density at radius 3 is 2.67 bits per heavy atom. The lowest BCUT2D eigenvalue weighted by molar-refractivity contribution is 0.285. The molecule has 0 heteroatoms. The van der Waals surface area contributed by atoms with Gasteiger partial charge in [-0.25, -0.2) is 0 Å². The molecule has 0 aromatic rings. The molecule has 0 amide bonds. The van der Waals surface area contributed by atoms with Gasteiger partial charge in [0.1, 0.15) is 0 Å². The molecular weight excluding hydrogens is 180 g/mol. The van der Waals surface area contributed by atoms with Crippen LogP contribution in [0.3, 0.4) is 0 Å². The fraction of sp³-hybridized carbons (Fsp3) is 0.733. The largest absolute Gasteiger partial charge is 0.0856 e. The summed E-state index contributed by atoms with van der Waals surface area (Å²) >= 11 is 0. The van der Waals surface area contributed by atoms with Crippen LogP contribution in [-0.2, 0) is 0 Å². The van der Waals surface area contributed by atoms with E-state index in [2.05, 4.69) is 32.9 Å². The average Bonchev–Trinajstić information content (AvgIpc) is 2.88. The van der Waals surface area contributed by atoms with E-state index in [0.717, 1.165) is 17.8 Å². The summed E-state index contributed by atoms with van der Waals surface area (Å²) in [5, 5.41) is 0. The molecule has 0 aromatic heterocycles. The second kappa shape index (κ2) is 4.55. The first-order valence-electron chi connectivity index (χ1n) is 6.52. The molecule has 2 rings (SSSR count). The van der Waals surface area contributed by atoms with E-state index in [1.807, 2.05) is 0 Å². The molecule has 3 unspecified atom stereocenters. The minimum absolute atomic E-state index is 0.861. The van der Waals surface area contributed by atoms with Crippen LogP contribution in [0.15, 0.2) is 23.3 Å². The smallest absolute Gasteiger partial charge is 0.000527 e. The SMILES string of the molecule is CC1=CCCC(C(C)C2C=C2C)CCC1. The van der Waals surface area contributed by atoms with Gasteiger partial charge >= 0.3 is 0 Å². The van der Waals surface area contributed by atoms with Crippen LogP contribution in [0.25, 0.3) is 0 Å². The fourth-order valence-electron chi connectivity index (χ4n) is 3.05. The highest BCUT2D eigenvalue weighted by Crippen LogP contribution is 2.42. The maximum atomic E-state index is 2.46. The molecule has 0 heterocycles. The standard InChI is InChI=1S/C15H24/c1-11-6-4-8-14(9-5-7-11)13(3)15-10-12(15)2/h6,10,13-15H,4-5,7-9H2,1-3H3. The zero-order valence-corrected chi connectivity index (χ0v) is 10.4. The molecular formula is C15H24. The predicted molar refractivity (Wildman–Crippen MR) is 66.7 cm³/mol. The van der Waals surface area contributed by atoms with Crippen LogP contribution in [0.2, 0.25) is 0 Å². The van der Waals surface area contributed by atoms with Crippen molar-refractivity contribution in [3.05, 3.63) is 23.3 Å². The highest BCUT2D eigenvalue weighted by Gasteiger charge is 2.31. The van der Waals surface area contributed by atoms with Crippen molar-refractivity contribution in [1.82, 2.24) is 0 Å². The van der Waals surface area contributed by atoms with Crippen molar-refractivity contribution in [3.8, 4) is 0 Å². The molecule has 0 radical (unpaired) electrons. The summed E-state index contributed by atoms with van der Waals surface area (Å²) in [6, 6.07) is 0. The Bertz CT molecular complexity index is 282. The first kappa shape index (κ1) is 11.0. The van der Waals surface area contributed by atoms with E-state index in [0.29, 0.717) is 0 Å². The Morgan fingerprint density at radius 2 is 2.00 bits per heavy atom. The van der Waals surface area contributed by atoms with E-state index in [9.17, 15) is 0 Å². The number of hydrogen-bond acceptors (Lipinski definition) is 0. The molecule has 0 nitrogen and oxygen atoms in total. The Kier molecular flexibility index (Phi) is 3.33. The van der Waals surface area contributed by atoms with Gasteiger partial charge in [-0.05, 0) is 57.8 Å². The third-order valence-corrected chi connectivity index (χ3v) is 4.35. The van der Waals surface area contributed by atoms with E-state index in [4.69, 9.17) is 0 Å². The average molecular weight is 204 g/mol. The van der Waals surface area contributed by atoms with Gasteiger partial charge in [0.15, 0.2) is 0 Å². The lowest BCUT2D eigenvalue weighted by Crippen LogP contribution is -2.16. The molecule has 0 spiro atoms. The molecule has 2 aliphatic rings. The zero-order valence-electron chi connectivity index (χ0n) is 10.4. The van der Waals surface area contributed by atoms with Gasteiger partial charge in [-0.15, -0.1) is 0 Å². The summed E-state index contributed by atoms with van der Waals surface area (Å²) in [6.45, 7) is 7.03. The number of rotatable bonds is 2. The van der Waals surface area contributed by atoms with Gasteiger partial charge in [0.25, 0.3) is 0 Å². The lowest BCUT2D eigenvalue weighted by Gasteiger charge is -2.25. The monoisotopic (exact) mass is 204 g/mol. The molecule has 0 N–H and O–H groups in total. The minimum Gasteiger partial charge on any atom is -0.0856 e. The van der Waals surface area contributed by atoms with Crippen LogP contribution in [0.4, 0.5) is 0 Å². The van der Waals surface area contributed by atoms with Crippen molar-refractivity contribution < 1.29 is 0 Å².